The Hall–Kier alpha value is -0.570. The van der Waals surface area contributed by atoms with E-state index in [4.69, 9.17) is 0 Å². The minimum Gasteiger partial charge on any atom is -0.353 e. The number of amides is 1. The molecule has 1 amide bonds. The van der Waals surface area contributed by atoms with E-state index < -0.39 is 0 Å². The monoisotopic (exact) mass is 290 g/mol. The summed E-state index contributed by atoms with van der Waals surface area (Å²) in [5, 5.41) is 6.93. The van der Waals surface area contributed by atoms with E-state index in [0.29, 0.717) is 11.9 Å². The summed E-state index contributed by atoms with van der Waals surface area (Å²) in [4.78, 5) is 12.9. The molecule has 3 aliphatic carbocycles. The molecule has 4 rings (SSSR count). The first kappa shape index (κ1) is 14.0. The molecule has 0 aromatic carbocycles. The molecule has 21 heavy (non-hydrogen) atoms. The van der Waals surface area contributed by atoms with Crippen molar-refractivity contribution in [3.63, 3.8) is 0 Å². The van der Waals surface area contributed by atoms with Crippen molar-refractivity contribution in [1.82, 2.24) is 10.6 Å². The predicted molar refractivity (Wildman–Crippen MR) is 83.8 cm³/mol. The number of rotatable bonds is 4. The van der Waals surface area contributed by atoms with Gasteiger partial charge in [-0.25, -0.2) is 0 Å². The standard InChI is InChI=1S/C18H30N2O/c1-2-6-18(7-8-19-11-18)17(21)20-16-10-12-9-15(16)14-5-3-4-13(12)14/h12-16,19H,2-11H2,1H3,(H,20,21). The van der Waals surface area contributed by atoms with Crippen LogP contribution in [0, 0.1) is 29.1 Å². The lowest BCUT2D eigenvalue weighted by molar-refractivity contribution is -0.131. The Morgan fingerprint density at radius 3 is 2.86 bits per heavy atom. The van der Waals surface area contributed by atoms with Gasteiger partial charge in [-0.3, -0.25) is 4.79 Å². The molecule has 4 fully saturated rings. The Morgan fingerprint density at radius 2 is 2.10 bits per heavy atom. The van der Waals surface area contributed by atoms with Gasteiger partial charge in [0.25, 0.3) is 0 Å². The van der Waals surface area contributed by atoms with E-state index in [-0.39, 0.29) is 5.41 Å². The summed E-state index contributed by atoms with van der Waals surface area (Å²) in [6, 6.07) is 0.496. The van der Waals surface area contributed by atoms with Gasteiger partial charge in [-0.05, 0) is 68.7 Å². The van der Waals surface area contributed by atoms with Crippen molar-refractivity contribution in [1.29, 1.82) is 0 Å². The fraction of sp³-hybridized carbons (Fsp3) is 0.944. The van der Waals surface area contributed by atoms with Gasteiger partial charge in [-0.2, -0.15) is 0 Å². The number of hydrogen-bond acceptors (Lipinski definition) is 2. The van der Waals surface area contributed by atoms with Crippen molar-refractivity contribution in [3.05, 3.63) is 0 Å². The van der Waals surface area contributed by atoms with Crippen LogP contribution in [0.3, 0.4) is 0 Å². The van der Waals surface area contributed by atoms with E-state index in [0.717, 1.165) is 56.0 Å². The molecule has 1 aliphatic heterocycles. The first-order chi connectivity index (χ1) is 10.2. The van der Waals surface area contributed by atoms with Crippen molar-refractivity contribution in [2.24, 2.45) is 29.1 Å². The highest BCUT2D eigenvalue weighted by Crippen LogP contribution is 2.58. The molecule has 118 valence electrons. The Balaban J connectivity index is 1.43. The zero-order valence-electron chi connectivity index (χ0n) is 13.4. The predicted octanol–water partition coefficient (Wildman–Crippen LogP) is 2.71. The third-order valence-corrected chi connectivity index (χ3v) is 7.20. The second kappa shape index (κ2) is 5.26. The van der Waals surface area contributed by atoms with Crippen LogP contribution in [0.25, 0.3) is 0 Å². The fourth-order valence-corrected chi connectivity index (χ4v) is 6.30. The summed E-state index contributed by atoms with van der Waals surface area (Å²) in [6.07, 6.45) is 10.2. The van der Waals surface area contributed by atoms with E-state index >= 15 is 0 Å². The van der Waals surface area contributed by atoms with Gasteiger partial charge in [0.15, 0.2) is 0 Å². The van der Waals surface area contributed by atoms with Crippen molar-refractivity contribution < 1.29 is 4.79 Å². The Morgan fingerprint density at radius 1 is 1.24 bits per heavy atom. The average Bonchev–Trinajstić information content (AvgIpc) is 3.21. The lowest BCUT2D eigenvalue weighted by Crippen LogP contribution is -2.50. The normalized spacial score (nSPS) is 47.8. The van der Waals surface area contributed by atoms with Crippen LogP contribution in [0.15, 0.2) is 0 Å². The lowest BCUT2D eigenvalue weighted by Gasteiger charge is -2.35. The van der Waals surface area contributed by atoms with E-state index in [1.54, 1.807) is 0 Å². The molecule has 1 saturated heterocycles. The van der Waals surface area contributed by atoms with Crippen molar-refractivity contribution in [2.75, 3.05) is 13.1 Å². The molecule has 4 aliphatic rings. The topological polar surface area (TPSA) is 41.1 Å². The smallest absolute Gasteiger partial charge is 0.227 e. The second-order valence-electron chi connectivity index (χ2n) is 8.19. The number of fused-ring (bicyclic) bond motifs is 5. The van der Waals surface area contributed by atoms with Gasteiger partial charge in [0, 0.05) is 12.6 Å². The van der Waals surface area contributed by atoms with Gasteiger partial charge in [0.2, 0.25) is 5.91 Å². The number of carbonyl (C=O) groups is 1. The molecule has 0 spiro atoms. The molecule has 2 bridgehead atoms. The van der Waals surface area contributed by atoms with Crippen LogP contribution in [0.4, 0.5) is 0 Å². The van der Waals surface area contributed by atoms with Crippen LogP contribution in [-0.4, -0.2) is 25.0 Å². The maximum atomic E-state index is 12.9. The molecule has 3 nitrogen and oxygen atoms in total. The summed E-state index contributed by atoms with van der Waals surface area (Å²) in [7, 11) is 0. The maximum absolute atomic E-state index is 12.9. The first-order valence-corrected chi connectivity index (χ1v) is 9.25. The largest absolute Gasteiger partial charge is 0.353 e. The zero-order valence-corrected chi connectivity index (χ0v) is 13.4. The average molecular weight is 290 g/mol. The molecule has 3 heteroatoms. The first-order valence-electron chi connectivity index (χ1n) is 9.25. The van der Waals surface area contributed by atoms with Gasteiger partial charge in [0.1, 0.15) is 0 Å². The van der Waals surface area contributed by atoms with E-state index in [9.17, 15) is 4.79 Å². The highest BCUT2D eigenvalue weighted by molar-refractivity contribution is 5.83. The number of carbonyl (C=O) groups excluding carboxylic acids is 1. The van der Waals surface area contributed by atoms with E-state index in [2.05, 4.69) is 17.6 Å². The van der Waals surface area contributed by atoms with Gasteiger partial charge in [-0.1, -0.05) is 19.8 Å². The summed E-state index contributed by atoms with van der Waals surface area (Å²) >= 11 is 0. The van der Waals surface area contributed by atoms with Crippen LogP contribution in [0.2, 0.25) is 0 Å². The van der Waals surface area contributed by atoms with Crippen LogP contribution in [0.1, 0.15) is 58.3 Å². The van der Waals surface area contributed by atoms with Gasteiger partial charge in [-0.15, -0.1) is 0 Å². The number of hydrogen-bond donors (Lipinski definition) is 2. The van der Waals surface area contributed by atoms with E-state index in [1.807, 2.05) is 0 Å². The second-order valence-corrected chi connectivity index (χ2v) is 8.19. The third kappa shape index (κ3) is 2.15. The van der Waals surface area contributed by atoms with Crippen LogP contribution in [-0.2, 0) is 4.79 Å². The summed E-state index contributed by atoms with van der Waals surface area (Å²) in [6.45, 7) is 4.10. The van der Waals surface area contributed by atoms with Gasteiger partial charge >= 0.3 is 0 Å². The van der Waals surface area contributed by atoms with Crippen LogP contribution in [0.5, 0.6) is 0 Å². The van der Waals surface area contributed by atoms with Crippen molar-refractivity contribution in [3.8, 4) is 0 Å². The molecule has 0 aromatic heterocycles. The molecular weight excluding hydrogens is 260 g/mol. The Bertz CT molecular complexity index is 415. The Labute approximate surface area is 128 Å². The van der Waals surface area contributed by atoms with Gasteiger partial charge in [0.05, 0.1) is 5.41 Å². The highest BCUT2D eigenvalue weighted by atomic mass is 16.2. The van der Waals surface area contributed by atoms with E-state index in [1.165, 1.54) is 32.1 Å². The molecule has 1 heterocycles. The summed E-state index contributed by atoms with van der Waals surface area (Å²) in [5.74, 6) is 4.05. The SMILES string of the molecule is CCCC1(C(=O)NC2CC3CC2C2CCCC32)CCNC1. The minimum atomic E-state index is -0.105. The quantitative estimate of drug-likeness (QED) is 0.836. The fourth-order valence-electron chi connectivity index (χ4n) is 6.30. The molecular formula is C18H30N2O. The highest BCUT2D eigenvalue weighted by Gasteiger charge is 2.54. The maximum Gasteiger partial charge on any atom is 0.227 e. The molecule has 6 atom stereocenters. The minimum absolute atomic E-state index is 0.105. The Kier molecular flexibility index (Phi) is 3.52. The van der Waals surface area contributed by atoms with Crippen molar-refractivity contribution in [2.45, 2.75) is 64.3 Å². The molecule has 6 unspecified atom stereocenters. The molecule has 3 saturated carbocycles. The van der Waals surface area contributed by atoms with Gasteiger partial charge < -0.3 is 10.6 Å². The van der Waals surface area contributed by atoms with Crippen LogP contribution < -0.4 is 10.6 Å². The van der Waals surface area contributed by atoms with Crippen molar-refractivity contribution >= 4 is 5.91 Å². The lowest BCUT2D eigenvalue weighted by atomic mass is 9.77. The molecule has 0 aromatic rings. The van der Waals surface area contributed by atoms with Crippen LogP contribution >= 0.6 is 0 Å². The molecule has 0 radical (unpaired) electrons. The number of nitrogens with one attached hydrogen (secondary N) is 2. The summed E-state index contributed by atoms with van der Waals surface area (Å²) in [5.41, 5.74) is -0.105. The zero-order chi connectivity index (χ0) is 14.4. The third-order valence-electron chi connectivity index (χ3n) is 7.20. The molecule has 2 N–H and O–H groups in total. The summed E-state index contributed by atoms with van der Waals surface area (Å²) < 4.78 is 0.